The molecule has 0 saturated carbocycles. The van der Waals surface area contributed by atoms with Crippen LogP contribution < -0.4 is 10.1 Å². The maximum Gasteiger partial charge on any atom is 0.416 e. The van der Waals surface area contributed by atoms with Crippen LogP contribution in [-0.4, -0.2) is 22.1 Å². The SMILES string of the molecule is COc1ncc(-c2ncccc2Nc2ccc(C(F)(F)F)cc2)cn1. The molecule has 0 unspecified atom stereocenters. The van der Waals surface area contributed by atoms with Gasteiger partial charge >= 0.3 is 12.2 Å². The molecule has 3 rings (SSSR count). The van der Waals surface area contributed by atoms with E-state index in [9.17, 15) is 13.2 Å². The molecule has 5 nitrogen and oxygen atoms in total. The van der Waals surface area contributed by atoms with E-state index in [-0.39, 0.29) is 6.01 Å². The van der Waals surface area contributed by atoms with Crippen molar-refractivity contribution in [2.75, 3.05) is 12.4 Å². The molecule has 0 aliphatic carbocycles. The minimum atomic E-state index is -4.36. The Morgan fingerprint density at radius 3 is 2.24 bits per heavy atom. The zero-order valence-electron chi connectivity index (χ0n) is 13.1. The fourth-order valence-corrected chi connectivity index (χ4v) is 2.18. The molecule has 0 aliphatic rings. The highest BCUT2D eigenvalue weighted by molar-refractivity contribution is 5.77. The summed E-state index contributed by atoms with van der Waals surface area (Å²) in [5, 5.41) is 3.06. The molecule has 25 heavy (non-hydrogen) atoms. The van der Waals surface area contributed by atoms with Gasteiger partial charge in [-0.1, -0.05) is 0 Å². The number of halogens is 3. The highest BCUT2D eigenvalue weighted by Crippen LogP contribution is 2.32. The maximum atomic E-state index is 12.6. The van der Waals surface area contributed by atoms with Crippen LogP contribution in [0.25, 0.3) is 11.3 Å². The molecule has 0 fully saturated rings. The van der Waals surface area contributed by atoms with E-state index < -0.39 is 11.7 Å². The van der Waals surface area contributed by atoms with Gasteiger partial charge in [0, 0.05) is 29.8 Å². The normalized spacial score (nSPS) is 11.2. The van der Waals surface area contributed by atoms with Crippen LogP contribution in [0.5, 0.6) is 6.01 Å². The highest BCUT2D eigenvalue weighted by Gasteiger charge is 2.29. The first-order chi connectivity index (χ1) is 12.0. The van der Waals surface area contributed by atoms with E-state index in [1.165, 1.54) is 19.2 Å². The van der Waals surface area contributed by atoms with Gasteiger partial charge in [0.05, 0.1) is 24.1 Å². The summed E-state index contributed by atoms with van der Waals surface area (Å²) in [6, 6.07) is 8.50. The number of hydrogen-bond acceptors (Lipinski definition) is 5. The molecule has 0 spiro atoms. The molecule has 1 N–H and O–H groups in total. The fraction of sp³-hybridized carbons (Fsp3) is 0.118. The van der Waals surface area contributed by atoms with Gasteiger partial charge in [-0.2, -0.15) is 13.2 Å². The van der Waals surface area contributed by atoms with Crippen LogP contribution in [0.3, 0.4) is 0 Å². The molecule has 1 aromatic carbocycles. The van der Waals surface area contributed by atoms with Crippen molar-refractivity contribution < 1.29 is 17.9 Å². The van der Waals surface area contributed by atoms with E-state index in [2.05, 4.69) is 20.3 Å². The molecule has 0 aliphatic heterocycles. The molecular weight excluding hydrogens is 333 g/mol. The average Bonchev–Trinajstić information content (AvgIpc) is 2.62. The smallest absolute Gasteiger partial charge is 0.416 e. The third-order valence-corrected chi connectivity index (χ3v) is 3.38. The van der Waals surface area contributed by atoms with Gasteiger partial charge in [-0.15, -0.1) is 0 Å². The Bertz CT molecular complexity index is 849. The fourth-order valence-electron chi connectivity index (χ4n) is 2.18. The Hall–Kier alpha value is -3.16. The Morgan fingerprint density at radius 2 is 1.64 bits per heavy atom. The number of benzene rings is 1. The summed E-state index contributed by atoms with van der Waals surface area (Å²) in [6.45, 7) is 0. The molecular formula is C17H13F3N4O. The number of rotatable bonds is 4. The molecule has 0 radical (unpaired) electrons. The maximum absolute atomic E-state index is 12.6. The number of methoxy groups -OCH3 is 1. The van der Waals surface area contributed by atoms with Crippen molar-refractivity contribution in [1.82, 2.24) is 15.0 Å². The van der Waals surface area contributed by atoms with E-state index >= 15 is 0 Å². The number of hydrogen-bond donors (Lipinski definition) is 1. The van der Waals surface area contributed by atoms with Gasteiger partial charge in [0.15, 0.2) is 0 Å². The molecule has 0 amide bonds. The van der Waals surface area contributed by atoms with E-state index in [0.29, 0.717) is 22.6 Å². The Kier molecular flexibility index (Phi) is 4.51. The summed E-state index contributed by atoms with van der Waals surface area (Å²) in [6.07, 6.45) is 0.369. The Balaban J connectivity index is 1.88. The predicted molar refractivity (Wildman–Crippen MR) is 86.5 cm³/mol. The molecule has 0 bridgehead atoms. The molecule has 3 aromatic rings. The van der Waals surface area contributed by atoms with Gasteiger partial charge in [0.2, 0.25) is 0 Å². The van der Waals surface area contributed by atoms with E-state index in [4.69, 9.17) is 4.74 Å². The van der Waals surface area contributed by atoms with Crippen LogP contribution in [0.4, 0.5) is 24.5 Å². The molecule has 2 heterocycles. The van der Waals surface area contributed by atoms with Crippen LogP contribution in [0.2, 0.25) is 0 Å². The van der Waals surface area contributed by atoms with Crippen molar-refractivity contribution in [3.05, 3.63) is 60.6 Å². The number of alkyl halides is 3. The van der Waals surface area contributed by atoms with Gasteiger partial charge in [0.1, 0.15) is 0 Å². The lowest BCUT2D eigenvalue weighted by Crippen LogP contribution is -2.04. The topological polar surface area (TPSA) is 59.9 Å². The quantitative estimate of drug-likeness (QED) is 0.763. The first-order valence-electron chi connectivity index (χ1n) is 7.23. The van der Waals surface area contributed by atoms with Gasteiger partial charge in [0.25, 0.3) is 0 Å². The van der Waals surface area contributed by atoms with Gasteiger partial charge in [-0.25, -0.2) is 9.97 Å². The summed E-state index contributed by atoms with van der Waals surface area (Å²) >= 11 is 0. The second kappa shape index (κ2) is 6.76. The zero-order valence-corrected chi connectivity index (χ0v) is 13.1. The largest absolute Gasteiger partial charge is 0.467 e. The van der Waals surface area contributed by atoms with E-state index in [1.807, 2.05) is 0 Å². The van der Waals surface area contributed by atoms with Crippen molar-refractivity contribution in [2.24, 2.45) is 0 Å². The van der Waals surface area contributed by atoms with E-state index in [1.54, 1.807) is 30.7 Å². The number of pyridine rings is 1. The Morgan fingerprint density at radius 1 is 0.960 bits per heavy atom. The summed E-state index contributed by atoms with van der Waals surface area (Å²) in [5.74, 6) is 0. The van der Waals surface area contributed by atoms with Crippen LogP contribution >= 0.6 is 0 Å². The lowest BCUT2D eigenvalue weighted by molar-refractivity contribution is -0.137. The first kappa shape index (κ1) is 16.7. The molecule has 128 valence electrons. The minimum absolute atomic E-state index is 0.233. The number of aromatic nitrogens is 3. The lowest BCUT2D eigenvalue weighted by Gasteiger charge is -2.12. The molecule has 0 atom stereocenters. The molecule has 0 saturated heterocycles. The Labute approximate surface area is 141 Å². The van der Waals surface area contributed by atoms with Gasteiger partial charge in [-0.3, -0.25) is 4.98 Å². The van der Waals surface area contributed by atoms with Crippen molar-refractivity contribution in [2.45, 2.75) is 6.18 Å². The van der Waals surface area contributed by atoms with Crippen LogP contribution in [0.15, 0.2) is 55.0 Å². The highest BCUT2D eigenvalue weighted by atomic mass is 19.4. The summed E-state index contributed by atoms with van der Waals surface area (Å²) in [7, 11) is 1.47. The monoisotopic (exact) mass is 346 g/mol. The third kappa shape index (κ3) is 3.85. The molecule has 8 heteroatoms. The van der Waals surface area contributed by atoms with Crippen molar-refractivity contribution >= 4 is 11.4 Å². The van der Waals surface area contributed by atoms with E-state index in [0.717, 1.165) is 12.1 Å². The third-order valence-electron chi connectivity index (χ3n) is 3.38. The van der Waals surface area contributed by atoms with Gasteiger partial charge < -0.3 is 10.1 Å². The van der Waals surface area contributed by atoms with Crippen LogP contribution in [0, 0.1) is 0 Å². The van der Waals surface area contributed by atoms with Crippen molar-refractivity contribution in [1.29, 1.82) is 0 Å². The number of ether oxygens (including phenoxy) is 1. The lowest BCUT2D eigenvalue weighted by atomic mass is 10.1. The van der Waals surface area contributed by atoms with Gasteiger partial charge in [-0.05, 0) is 36.4 Å². The first-order valence-corrected chi connectivity index (χ1v) is 7.23. The second-order valence-corrected chi connectivity index (χ2v) is 5.06. The predicted octanol–water partition coefficient (Wildman–Crippen LogP) is 4.31. The number of anilines is 2. The molecule has 2 aromatic heterocycles. The van der Waals surface area contributed by atoms with Crippen LogP contribution in [-0.2, 0) is 6.18 Å². The van der Waals surface area contributed by atoms with Crippen molar-refractivity contribution in [3.8, 4) is 17.3 Å². The average molecular weight is 346 g/mol. The summed E-state index contributed by atoms with van der Waals surface area (Å²) in [4.78, 5) is 12.4. The number of nitrogens with one attached hydrogen (secondary N) is 1. The summed E-state index contributed by atoms with van der Waals surface area (Å²) in [5.41, 5.74) is 1.65. The zero-order chi connectivity index (χ0) is 17.9. The summed E-state index contributed by atoms with van der Waals surface area (Å²) < 4.78 is 42.8. The minimum Gasteiger partial charge on any atom is -0.467 e. The standard InChI is InChI=1S/C17H13F3N4O/c1-25-16-22-9-11(10-23-16)15-14(3-2-8-21-15)24-13-6-4-12(5-7-13)17(18,19)20/h2-10,24H,1H3. The van der Waals surface area contributed by atoms with Crippen LogP contribution in [0.1, 0.15) is 5.56 Å². The van der Waals surface area contributed by atoms with Crippen molar-refractivity contribution in [3.63, 3.8) is 0 Å². The number of nitrogens with zero attached hydrogens (tertiary/aromatic N) is 3. The second-order valence-electron chi connectivity index (χ2n) is 5.06.